The smallest absolute Gasteiger partial charge is 0.232 e. The molecule has 0 aliphatic carbocycles. The summed E-state index contributed by atoms with van der Waals surface area (Å²) in [5, 5.41) is 0. The zero-order valence-electron chi connectivity index (χ0n) is 6.99. The molecule has 0 aromatic rings. The minimum Gasteiger partial charge on any atom is -0.342 e. The van der Waals surface area contributed by atoms with Crippen molar-refractivity contribution < 1.29 is 9.79 Å². The van der Waals surface area contributed by atoms with Crippen molar-refractivity contribution in [2.24, 2.45) is 0 Å². The molecule has 2 nitrogen and oxygen atoms in total. The number of hydrogen-bond donors (Lipinski definition) is 2. The van der Waals surface area contributed by atoms with Crippen molar-refractivity contribution in [1.82, 2.24) is 0 Å². The zero-order valence-corrected chi connectivity index (χ0v) is 8.70. The van der Waals surface area contributed by atoms with E-state index in [0.29, 0.717) is 0 Å². The van der Waals surface area contributed by atoms with E-state index in [9.17, 15) is 0 Å². The lowest BCUT2D eigenvalue weighted by Gasteiger charge is -2.00. The summed E-state index contributed by atoms with van der Waals surface area (Å²) < 4.78 is 0. The lowest BCUT2D eigenvalue weighted by atomic mass is 10.2. The Morgan fingerprint density at radius 2 is 1.73 bits per heavy atom. The van der Waals surface area contributed by atoms with Gasteiger partial charge in [0.25, 0.3) is 0 Å². The van der Waals surface area contributed by atoms with Crippen LogP contribution in [0.5, 0.6) is 0 Å². The fourth-order valence-electron chi connectivity index (χ4n) is 0.852. The second-order valence-corrected chi connectivity index (χ2v) is 5.43. The Hall–Kier alpha value is 0.700. The van der Waals surface area contributed by atoms with Gasteiger partial charge < -0.3 is 9.79 Å². The molecule has 0 aliphatic heterocycles. The van der Waals surface area contributed by atoms with E-state index in [1.165, 1.54) is 37.1 Å². The van der Waals surface area contributed by atoms with Gasteiger partial charge in [0.1, 0.15) is 0 Å². The van der Waals surface area contributed by atoms with Gasteiger partial charge in [-0.05, 0) is 6.42 Å². The fraction of sp³-hybridized carbons (Fsp3) is 1.00. The molecule has 0 heterocycles. The molecule has 0 aromatic heterocycles. The highest BCUT2D eigenvalue weighted by Crippen LogP contribution is 2.40. The quantitative estimate of drug-likeness (QED) is 0.486. The molecule has 0 saturated carbocycles. The first kappa shape index (κ1) is 11.7. The molecule has 0 unspecified atom stereocenters. The summed E-state index contributed by atoms with van der Waals surface area (Å²) in [4.78, 5) is 17.1. The third-order valence-corrected chi connectivity index (χ3v) is 3.40. The van der Waals surface area contributed by atoms with Gasteiger partial charge >= 0.3 is 0 Å². The first-order chi connectivity index (χ1) is 5.27. The minimum atomic E-state index is -1.71. The molecule has 0 spiro atoms. The SMILES string of the molecule is CCCCCCCSP(O)O. The summed E-state index contributed by atoms with van der Waals surface area (Å²) in [5.41, 5.74) is 0. The Labute approximate surface area is 74.1 Å². The van der Waals surface area contributed by atoms with E-state index in [4.69, 9.17) is 9.79 Å². The van der Waals surface area contributed by atoms with Crippen LogP contribution in [0, 0.1) is 0 Å². The Kier molecular flexibility index (Phi) is 9.35. The first-order valence-electron chi connectivity index (χ1n) is 4.08. The van der Waals surface area contributed by atoms with E-state index < -0.39 is 7.58 Å². The van der Waals surface area contributed by atoms with Gasteiger partial charge in [0.2, 0.25) is 7.58 Å². The van der Waals surface area contributed by atoms with E-state index in [-0.39, 0.29) is 0 Å². The van der Waals surface area contributed by atoms with Crippen molar-refractivity contribution in [1.29, 1.82) is 0 Å². The third kappa shape index (κ3) is 10.7. The van der Waals surface area contributed by atoms with Gasteiger partial charge in [0.15, 0.2) is 0 Å². The van der Waals surface area contributed by atoms with Gasteiger partial charge in [-0.1, -0.05) is 44.0 Å². The van der Waals surface area contributed by atoms with Crippen molar-refractivity contribution in [3.05, 3.63) is 0 Å². The molecular weight excluding hydrogens is 179 g/mol. The predicted molar refractivity (Wildman–Crippen MR) is 52.6 cm³/mol. The molecule has 0 aliphatic rings. The van der Waals surface area contributed by atoms with Crippen molar-refractivity contribution in [2.45, 2.75) is 39.0 Å². The topological polar surface area (TPSA) is 40.5 Å². The molecule has 68 valence electrons. The zero-order chi connectivity index (χ0) is 8.53. The normalized spacial score (nSPS) is 10.9. The molecule has 0 amide bonds. The molecule has 0 saturated heterocycles. The monoisotopic (exact) mass is 196 g/mol. The molecule has 0 fully saturated rings. The average Bonchev–Trinajstić information content (AvgIpc) is 1.96. The van der Waals surface area contributed by atoms with Crippen LogP contribution in [0.15, 0.2) is 0 Å². The Balaban J connectivity index is 2.80. The van der Waals surface area contributed by atoms with Gasteiger partial charge in [-0.2, -0.15) is 0 Å². The minimum absolute atomic E-state index is 0.891. The molecule has 11 heavy (non-hydrogen) atoms. The van der Waals surface area contributed by atoms with Gasteiger partial charge in [0.05, 0.1) is 0 Å². The summed E-state index contributed by atoms with van der Waals surface area (Å²) in [6.45, 7) is 2.19. The largest absolute Gasteiger partial charge is 0.342 e. The second-order valence-electron chi connectivity index (χ2n) is 2.50. The van der Waals surface area contributed by atoms with E-state index >= 15 is 0 Å². The molecule has 0 rings (SSSR count). The number of rotatable bonds is 7. The molecule has 0 radical (unpaired) electrons. The Bertz CT molecular complexity index is 80.8. The van der Waals surface area contributed by atoms with Crippen LogP contribution in [0.2, 0.25) is 0 Å². The van der Waals surface area contributed by atoms with E-state index in [1.807, 2.05) is 0 Å². The first-order valence-corrected chi connectivity index (χ1v) is 6.92. The van der Waals surface area contributed by atoms with Gasteiger partial charge in [0, 0.05) is 5.75 Å². The second kappa shape index (κ2) is 8.79. The number of hydrogen-bond acceptors (Lipinski definition) is 3. The lowest BCUT2D eigenvalue weighted by Crippen LogP contribution is -1.80. The van der Waals surface area contributed by atoms with Crippen molar-refractivity contribution in [3.63, 3.8) is 0 Å². The van der Waals surface area contributed by atoms with Crippen LogP contribution >= 0.6 is 19.0 Å². The fourth-order valence-corrected chi connectivity index (χ4v) is 2.23. The Morgan fingerprint density at radius 1 is 1.09 bits per heavy atom. The van der Waals surface area contributed by atoms with Crippen LogP contribution in [-0.4, -0.2) is 15.5 Å². The number of unbranched alkanes of at least 4 members (excludes halogenated alkanes) is 4. The van der Waals surface area contributed by atoms with Crippen molar-refractivity contribution >= 4 is 19.0 Å². The molecular formula is C7H17O2PS. The average molecular weight is 196 g/mol. The standard InChI is InChI=1S/C7H17O2PS/c1-2-3-4-5-6-7-11-10(8)9/h8-9H,2-7H2,1H3. The molecule has 2 N–H and O–H groups in total. The third-order valence-electron chi connectivity index (χ3n) is 1.45. The van der Waals surface area contributed by atoms with Crippen LogP contribution < -0.4 is 0 Å². The highest BCUT2D eigenvalue weighted by Gasteiger charge is 1.97. The molecule has 0 bridgehead atoms. The molecule has 0 atom stereocenters. The lowest BCUT2D eigenvalue weighted by molar-refractivity contribution is 0.505. The predicted octanol–water partition coefficient (Wildman–Crippen LogP) is 2.90. The van der Waals surface area contributed by atoms with Crippen LogP contribution in [0.25, 0.3) is 0 Å². The maximum atomic E-state index is 8.54. The van der Waals surface area contributed by atoms with E-state index in [1.54, 1.807) is 0 Å². The van der Waals surface area contributed by atoms with Crippen LogP contribution in [0.3, 0.4) is 0 Å². The summed E-state index contributed by atoms with van der Waals surface area (Å²) in [6.07, 6.45) is 6.19. The highest BCUT2D eigenvalue weighted by atomic mass is 32.7. The maximum absolute atomic E-state index is 8.54. The van der Waals surface area contributed by atoms with Crippen LogP contribution in [-0.2, 0) is 0 Å². The Morgan fingerprint density at radius 3 is 2.27 bits per heavy atom. The summed E-state index contributed by atoms with van der Waals surface area (Å²) in [5.74, 6) is 0.891. The van der Waals surface area contributed by atoms with Gasteiger partial charge in [-0.25, -0.2) is 0 Å². The summed E-state index contributed by atoms with van der Waals surface area (Å²) >= 11 is 1.27. The van der Waals surface area contributed by atoms with Gasteiger partial charge in [-0.3, -0.25) is 0 Å². The molecule has 0 aromatic carbocycles. The van der Waals surface area contributed by atoms with Crippen molar-refractivity contribution in [2.75, 3.05) is 5.75 Å². The maximum Gasteiger partial charge on any atom is 0.232 e. The van der Waals surface area contributed by atoms with Crippen LogP contribution in [0.4, 0.5) is 0 Å². The summed E-state index contributed by atoms with van der Waals surface area (Å²) in [6, 6.07) is 0. The molecule has 4 heteroatoms. The van der Waals surface area contributed by atoms with Crippen LogP contribution in [0.1, 0.15) is 39.0 Å². The van der Waals surface area contributed by atoms with Gasteiger partial charge in [-0.15, -0.1) is 0 Å². The summed E-state index contributed by atoms with van der Waals surface area (Å²) in [7, 11) is -1.71. The van der Waals surface area contributed by atoms with Crippen molar-refractivity contribution in [3.8, 4) is 0 Å². The van der Waals surface area contributed by atoms with E-state index in [0.717, 1.165) is 12.2 Å². The van der Waals surface area contributed by atoms with E-state index in [2.05, 4.69) is 6.92 Å². The highest BCUT2D eigenvalue weighted by molar-refractivity contribution is 8.52.